The highest BCUT2D eigenvalue weighted by Gasteiger charge is 2.23. The van der Waals surface area contributed by atoms with E-state index in [1.54, 1.807) is 6.07 Å². The number of nitrogens with one attached hydrogen (secondary N) is 3. The largest absolute Gasteiger partial charge is 0.383 e. The van der Waals surface area contributed by atoms with Crippen LogP contribution in [0.25, 0.3) is 0 Å². The standard InChI is InChI=1S/C27H50N8O3S/c28-25-19-26(35-15-13-34(14-16-35)17-18-39(36,37)38)33-27(32-25)31-21-23-9-7-22(8-10-23)20-29-11-4-12-30-24-5-2-1-3-6-24/h19,22-24,29-30H,1-18,20-21H2,(H,36,37,38)(H3,28,31,32,33)/t22-,23-. The minimum atomic E-state index is -3.94. The number of piperazine rings is 1. The zero-order chi connectivity index (χ0) is 27.5. The van der Waals surface area contributed by atoms with E-state index < -0.39 is 10.1 Å². The van der Waals surface area contributed by atoms with Crippen LogP contribution >= 0.6 is 0 Å². The van der Waals surface area contributed by atoms with E-state index >= 15 is 0 Å². The molecule has 0 amide bonds. The van der Waals surface area contributed by atoms with Crippen molar-refractivity contribution < 1.29 is 13.0 Å². The molecule has 11 nitrogen and oxygen atoms in total. The molecule has 39 heavy (non-hydrogen) atoms. The maximum Gasteiger partial charge on any atom is 0.266 e. The van der Waals surface area contributed by atoms with Gasteiger partial charge in [0.15, 0.2) is 0 Å². The SMILES string of the molecule is Nc1cc(N2CCN(CCS(=O)(=O)O)CC2)nc(NC[C@H]2CC[C@H](CNCCCNC3CCCCC3)CC2)n1. The molecule has 0 unspecified atom stereocenters. The van der Waals surface area contributed by atoms with Crippen molar-refractivity contribution in [2.24, 2.45) is 11.8 Å². The molecule has 3 fully saturated rings. The van der Waals surface area contributed by atoms with Crippen LogP contribution in [0.2, 0.25) is 0 Å². The molecular formula is C27H50N8O3S. The summed E-state index contributed by atoms with van der Waals surface area (Å²) in [5, 5.41) is 10.9. The van der Waals surface area contributed by atoms with Gasteiger partial charge in [-0.3, -0.25) is 9.45 Å². The van der Waals surface area contributed by atoms with Crippen LogP contribution in [0.5, 0.6) is 0 Å². The number of aromatic nitrogens is 2. The first-order chi connectivity index (χ1) is 18.8. The minimum Gasteiger partial charge on any atom is -0.383 e. The molecule has 0 radical (unpaired) electrons. The van der Waals surface area contributed by atoms with Gasteiger partial charge < -0.3 is 26.6 Å². The van der Waals surface area contributed by atoms with Gasteiger partial charge >= 0.3 is 0 Å². The fourth-order valence-electron chi connectivity index (χ4n) is 6.15. The summed E-state index contributed by atoms with van der Waals surface area (Å²) in [6.45, 7) is 7.42. The summed E-state index contributed by atoms with van der Waals surface area (Å²) in [4.78, 5) is 13.3. The summed E-state index contributed by atoms with van der Waals surface area (Å²) in [5.41, 5.74) is 6.10. The van der Waals surface area contributed by atoms with Crippen LogP contribution < -0.4 is 26.6 Å². The van der Waals surface area contributed by atoms with Gasteiger partial charge in [0.25, 0.3) is 10.1 Å². The maximum absolute atomic E-state index is 11.0. The quantitative estimate of drug-likeness (QED) is 0.167. The monoisotopic (exact) mass is 566 g/mol. The van der Waals surface area contributed by atoms with Gasteiger partial charge in [0, 0.05) is 51.4 Å². The first-order valence-corrected chi connectivity index (χ1v) is 16.7. The van der Waals surface area contributed by atoms with Crippen molar-refractivity contribution in [3.8, 4) is 0 Å². The molecule has 4 rings (SSSR count). The summed E-state index contributed by atoms with van der Waals surface area (Å²) in [6, 6.07) is 2.55. The first-order valence-electron chi connectivity index (χ1n) is 15.1. The van der Waals surface area contributed by atoms with Gasteiger partial charge in [-0.1, -0.05) is 19.3 Å². The molecule has 2 aliphatic carbocycles. The van der Waals surface area contributed by atoms with Crippen molar-refractivity contribution in [2.45, 2.75) is 70.3 Å². The Morgan fingerprint density at radius 1 is 0.923 bits per heavy atom. The molecule has 0 spiro atoms. The first kappa shape index (κ1) is 30.2. The van der Waals surface area contributed by atoms with Crippen LogP contribution in [-0.2, 0) is 10.1 Å². The highest BCUT2D eigenvalue weighted by molar-refractivity contribution is 7.85. The molecule has 3 aliphatic rings. The van der Waals surface area contributed by atoms with Crippen LogP contribution in [-0.4, -0.2) is 98.5 Å². The smallest absolute Gasteiger partial charge is 0.266 e. The molecule has 1 aromatic heterocycles. The van der Waals surface area contributed by atoms with Gasteiger partial charge in [-0.15, -0.1) is 0 Å². The molecule has 2 saturated carbocycles. The molecule has 12 heteroatoms. The fourth-order valence-corrected chi connectivity index (χ4v) is 6.64. The van der Waals surface area contributed by atoms with E-state index in [2.05, 4.69) is 25.8 Å². The minimum absolute atomic E-state index is 0.238. The van der Waals surface area contributed by atoms with Crippen LogP contribution in [0.1, 0.15) is 64.2 Å². The van der Waals surface area contributed by atoms with Crippen molar-refractivity contribution in [2.75, 3.05) is 80.6 Å². The van der Waals surface area contributed by atoms with E-state index in [0.717, 1.165) is 57.0 Å². The van der Waals surface area contributed by atoms with Gasteiger partial charge in [0.1, 0.15) is 11.6 Å². The number of nitrogens with zero attached hydrogens (tertiary/aromatic N) is 4. The van der Waals surface area contributed by atoms with Gasteiger partial charge in [0.05, 0.1) is 5.75 Å². The van der Waals surface area contributed by atoms with Crippen LogP contribution in [0.3, 0.4) is 0 Å². The summed E-state index contributed by atoms with van der Waals surface area (Å²) in [7, 11) is -3.94. The van der Waals surface area contributed by atoms with Gasteiger partial charge in [0.2, 0.25) is 5.95 Å². The number of nitrogens with two attached hydrogens (primary N) is 1. The second kappa shape index (κ2) is 15.3. The third-order valence-corrected chi connectivity index (χ3v) is 9.31. The average Bonchev–Trinajstić information content (AvgIpc) is 2.93. The lowest BCUT2D eigenvalue weighted by Gasteiger charge is -2.35. The average molecular weight is 567 g/mol. The second-order valence-corrected chi connectivity index (χ2v) is 13.3. The molecule has 1 saturated heterocycles. The number of hydrogen-bond acceptors (Lipinski definition) is 10. The third-order valence-electron chi connectivity index (χ3n) is 8.61. The van der Waals surface area contributed by atoms with E-state index in [1.165, 1.54) is 64.2 Å². The van der Waals surface area contributed by atoms with Crippen molar-refractivity contribution in [1.29, 1.82) is 0 Å². The molecule has 0 atom stereocenters. The second-order valence-electron chi connectivity index (χ2n) is 11.7. The van der Waals surface area contributed by atoms with E-state index in [0.29, 0.717) is 37.3 Å². The molecule has 1 aliphatic heterocycles. The zero-order valence-corrected chi connectivity index (χ0v) is 24.3. The topological polar surface area (TPSA) is 149 Å². The Labute approximate surface area is 234 Å². The molecule has 0 aromatic carbocycles. The van der Waals surface area contributed by atoms with Gasteiger partial charge in [-0.05, 0) is 76.4 Å². The Morgan fingerprint density at radius 3 is 2.31 bits per heavy atom. The molecule has 6 N–H and O–H groups in total. The number of anilines is 3. The fraction of sp³-hybridized carbons (Fsp3) is 0.852. The van der Waals surface area contributed by atoms with Crippen LogP contribution in [0.15, 0.2) is 6.07 Å². The molecule has 2 heterocycles. The maximum atomic E-state index is 11.0. The predicted octanol–water partition coefficient (Wildman–Crippen LogP) is 2.19. The van der Waals surface area contributed by atoms with Crippen molar-refractivity contribution in [3.63, 3.8) is 0 Å². The van der Waals surface area contributed by atoms with Crippen molar-refractivity contribution >= 4 is 27.7 Å². The lowest BCUT2D eigenvalue weighted by atomic mass is 9.82. The Hall–Kier alpha value is -1.73. The lowest BCUT2D eigenvalue weighted by molar-refractivity contribution is 0.269. The van der Waals surface area contributed by atoms with E-state index in [9.17, 15) is 8.42 Å². The Balaban J connectivity index is 1.09. The highest BCUT2D eigenvalue weighted by Crippen LogP contribution is 2.29. The third kappa shape index (κ3) is 11.0. The van der Waals surface area contributed by atoms with E-state index in [1.807, 2.05) is 4.90 Å². The van der Waals surface area contributed by atoms with E-state index in [-0.39, 0.29) is 5.75 Å². The van der Waals surface area contributed by atoms with Gasteiger partial charge in [-0.25, -0.2) is 0 Å². The number of rotatable bonds is 14. The Bertz CT molecular complexity index is 960. The summed E-state index contributed by atoms with van der Waals surface area (Å²) in [5.74, 6) is 2.98. The Kier molecular flexibility index (Phi) is 11.9. The van der Waals surface area contributed by atoms with Crippen molar-refractivity contribution in [1.82, 2.24) is 25.5 Å². The molecule has 222 valence electrons. The molecule has 0 bridgehead atoms. The molecule has 1 aromatic rings. The zero-order valence-electron chi connectivity index (χ0n) is 23.5. The number of nitrogen functional groups attached to an aromatic ring is 1. The number of hydrogen-bond donors (Lipinski definition) is 5. The summed E-state index contributed by atoms with van der Waals surface area (Å²) < 4.78 is 31.0. The highest BCUT2D eigenvalue weighted by atomic mass is 32.2. The van der Waals surface area contributed by atoms with Crippen LogP contribution in [0, 0.1) is 11.8 Å². The summed E-state index contributed by atoms with van der Waals surface area (Å²) in [6.07, 6.45) is 13.1. The Morgan fingerprint density at radius 2 is 1.62 bits per heavy atom. The van der Waals surface area contributed by atoms with Crippen molar-refractivity contribution in [3.05, 3.63) is 6.07 Å². The normalized spacial score (nSPS) is 23.7. The summed E-state index contributed by atoms with van der Waals surface area (Å²) >= 11 is 0. The van der Waals surface area contributed by atoms with Gasteiger partial charge in [-0.2, -0.15) is 18.4 Å². The predicted molar refractivity (Wildman–Crippen MR) is 158 cm³/mol. The lowest BCUT2D eigenvalue weighted by Crippen LogP contribution is -2.48. The molecular weight excluding hydrogens is 516 g/mol. The van der Waals surface area contributed by atoms with E-state index in [4.69, 9.17) is 15.3 Å². The van der Waals surface area contributed by atoms with Crippen LogP contribution in [0.4, 0.5) is 17.6 Å².